The summed E-state index contributed by atoms with van der Waals surface area (Å²) in [6.45, 7) is 0. The first-order valence-electron chi connectivity index (χ1n) is 7.10. The van der Waals surface area contributed by atoms with Gasteiger partial charge in [-0.3, -0.25) is 0 Å². The Kier molecular flexibility index (Phi) is 14.7. The first-order chi connectivity index (χ1) is 13.1. The van der Waals surface area contributed by atoms with Crippen molar-refractivity contribution < 1.29 is 90.5 Å². The molecule has 0 fully saturated rings. The van der Waals surface area contributed by atoms with E-state index in [-0.39, 0.29) is 87.1 Å². The summed E-state index contributed by atoms with van der Waals surface area (Å²) in [7, 11) is -9.74. The Morgan fingerprint density at radius 3 is 1.32 bits per heavy atom. The maximum Gasteiger partial charge on any atom is 1.00 e. The normalized spacial score (nSPS) is 10.5. The van der Waals surface area contributed by atoms with Crippen molar-refractivity contribution in [1.29, 1.82) is 0 Å². The number of hydrogen-bond acceptors (Lipinski definition) is 10. The summed E-state index contributed by atoms with van der Waals surface area (Å²) in [6.07, 6.45) is 2.36. The van der Waals surface area contributed by atoms with Crippen LogP contribution < -0.4 is 59.1 Å². The summed E-state index contributed by atoms with van der Waals surface area (Å²) in [5.41, 5.74) is 0.140. The maximum absolute atomic E-state index is 11.5. The topological polar surface area (TPSA) is 171 Å². The van der Waals surface area contributed by atoms with E-state index in [0.29, 0.717) is 0 Å². The number of aliphatic imine (C=N–C) groups is 2. The van der Waals surface area contributed by atoms with E-state index in [0.717, 1.165) is 12.1 Å². The largest absolute Gasteiger partial charge is 1.00 e. The second-order valence-corrected chi connectivity index (χ2v) is 8.15. The molecule has 0 aromatic heterocycles. The number of isothiocyanates is 2. The SMILES string of the molecule is O.O=S(=O)([O-])c1cc(N=C=S)ccc1/C=C/c1ccc(N=C=S)cc1S(=O)(=O)[O-].[Na+].[Na+]. The van der Waals surface area contributed by atoms with Gasteiger partial charge in [-0.1, -0.05) is 24.3 Å². The van der Waals surface area contributed by atoms with Gasteiger partial charge in [-0.25, -0.2) is 16.8 Å². The van der Waals surface area contributed by atoms with Crippen molar-refractivity contribution in [2.45, 2.75) is 9.79 Å². The molecule has 2 rings (SSSR count). The first kappa shape index (κ1) is 32.7. The van der Waals surface area contributed by atoms with Crippen LogP contribution in [0.1, 0.15) is 11.1 Å². The van der Waals surface area contributed by atoms with Gasteiger partial charge in [-0.05, 0) is 59.8 Å². The minimum atomic E-state index is -4.87. The van der Waals surface area contributed by atoms with Crippen molar-refractivity contribution in [2.75, 3.05) is 0 Å². The number of hydrogen-bond donors (Lipinski definition) is 0. The summed E-state index contributed by atoms with van der Waals surface area (Å²) >= 11 is 8.87. The zero-order valence-corrected chi connectivity index (χ0v) is 23.4. The van der Waals surface area contributed by atoms with Crippen molar-refractivity contribution in [3.63, 3.8) is 0 Å². The second kappa shape index (κ2) is 14.0. The van der Waals surface area contributed by atoms with Gasteiger partial charge in [0.15, 0.2) is 0 Å². The zero-order valence-electron chi connectivity index (χ0n) is 16.1. The maximum atomic E-state index is 11.5. The Morgan fingerprint density at radius 2 is 1.06 bits per heavy atom. The second-order valence-electron chi connectivity index (χ2n) is 5.09. The Balaban J connectivity index is 0. The number of benzene rings is 2. The van der Waals surface area contributed by atoms with Gasteiger partial charge in [-0.15, -0.1) is 0 Å². The van der Waals surface area contributed by atoms with Crippen molar-refractivity contribution >= 4 is 78.5 Å². The van der Waals surface area contributed by atoms with Crippen LogP contribution in [0.3, 0.4) is 0 Å². The monoisotopic (exact) mass is 516 g/mol. The molecule has 2 N–H and O–H groups in total. The van der Waals surface area contributed by atoms with Crippen LogP contribution >= 0.6 is 24.4 Å². The molecule has 31 heavy (non-hydrogen) atoms. The van der Waals surface area contributed by atoms with Gasteiger partial charge in [-0.2, -0.15) is 9.98 Å². The fourth-order valence-corrected chi connectivity index (χ4v) is 3.77. The van der Waals surface area contributed by atoms with E-state index in [1.165, 1.54) is 36.4 Å². The number of rotatable bonds is 6. The third-order valence-corrected chi connectivity index (χ3v) is 5.29. The van der Waals surface area contributed by atoms with Crippen LogP contribution in [0.4, 0.5) is 11.4 Å². The van der Waals surface area contributed by atoms with Crippen molar-refractivity contribution in [3.05, 3.63) is 47.5 Å². The molecule has 0 amide bonds. The third kappa shape index (κ3) is 9.52. The van der Waals surface area contributed by atoms with E-state index < -0.39 is 30.0 Å². The van der Waals surface area contributed by atoms with Crippen LogP contribution in [-0.4, -0.2) is 41.7 Å². The number of thiocarbonyl (C=S) groups is 2. The molecular weight excluding hydrogens is 506 g/mol. The van der Waals surface area contributed by atoms with E-state index in [2.05, 4.69) is 44.7 Å². The Bertz CT molecular complexity index is 1180. The van der Waals surface area contributed by atoms with Crippen LogP contribution in [-0.2, 0) is 20.2 Å². The van der Waals surface area contributed by atoms with Gasteiger partial charge in [0.2, 0.25) is 0 Å². The molecule has 2 aromatic carbocycles. The molecule has 0 unspecified atom stereocenters. The molecule has 0 saturated heterocycles. The Morgan fingerprint density at radius 1 is 0.742 bits per heavy atom. The predicted octanol–water partition coefficient (Wildman–Crippen LogP) is -3.68. The van der Waals surface area contributed by atoms with Crippen molar-refractivity contribution in [1.82, 2.24) is 0 Å². The third-order valence-electron chi connectivity index (χ3n) is 3.32. The molecule has 0 saturated carbocycles. The molecule has 0 aliphatic carbocycles. The Hall–Kier alpha value is -0.440. The first-order valence-corrected chi connectivity index (χ1v) is 10.7. The van der Waals surface area contributed by atoms with E-state index >= 15 is 0 Å². The average molecular weight is 517 g/mol. The van der Waals surface area contributed by atoms with E-state index in [1.54, 1.807) is 0 Å². The minimum absolute atomic E-state index is 0. The van der Waals surface area contributed by atoms with E-state index in [9.17, 15) is 25.9 Å². The van der Waals surface area contributed by atoms with Crippen molar-refractivity contribution in [2.24, 2.45) is 9.98 Å². The molecule has 0 spiro atoms. The summed E-state index contributed by atoms with van der Waals surface area (Å²) in [5.74, 6) is 0. The summed E-state index contributed by atoms with van der Waals surface area (Å²) in [6, 6.07) is 7.34. The molecule has 15 heteroatoms. The minimum Gasteiger partial charge on any atom is -0.744 e. The fourth-order valence-electron chi connectivity index (χ4n) is 2.18. The predicted molar refractivity (Wildman–Crippen MR) is 111 cm³/mol. The average Bonchev–Trinajstić information content (AvgIpc) is 2.60. The van der Waals surface area contributed by atoms with Crippen LogP contribution in [0.5, 0.6) is 0 Å². The molecule has 2 aromatic rings. The van der Waals surface area contributed by atoms with Gasteiger partial charge in [0.05, 0.1) is 31.5 Å². The summed E-state index contributed by atoms with van der Waals surface area (Å²) in [4.78, 5) is 6.02. The Labute approximate surface area is 233 Å². The van der Waals surface area contributed by atoms with E-state index in [1.807, 2.05) is 0 Å². The quantitative estimate of drug-likeness (QED) is 0.124. The molecule has 0 aliphatic rings. The molecule has 152 valence electrons. The van der Waals surface area contributed by atoms with Gasteiger partial charge >= 0.3 is 59.1 Å². The molecule has 0 aliphatic heterocycles. The fraction of sp³-hybridized carbons (Fsp3) is 0. The van der Waals surface area contributed by atoms with Gasteiger partial charge in [0, 0.05) is 0 Å². The molecular formula is C16H10N2Na2O7S4. The van der Waals surface area contributed by atoms with E-state index in [4.69, 9.17) is 0 Å². The molecule has 0 bridgehead atoms. The molecule has 0 radical (unpaired) electrons. The van der Waals surface area contributed by atoms with Gasteiger partial charge < -0.3 is 14.6 Å². The molecule has 0 heterocycles. The van der Waals surface area contributed by atoms with Crippen molar-refractivity contribution in [3.8, 4) is 0 Å². The summed E-state index contributed by atoms with van der Waals surface area (Å²) in [5, 5.41) is 4.10. The smallest absolute Gasteiger partial charge is 0.744 e. The van der Waals surface area contributed by atoms with Crippen LogP contribution in [0.25, 0.3) is 12.2 Å². The van der Waals surface area contributed by atoms with Gasteiger partial charge in [0.1, 0.15) is 20.2 Å². The molecule has 9 nitrogen and oxygen atoms in total. The van der Waals surface area contributed by atoms with Crippen LogP contribution in [0, 0.1) is 0 Å². The zero-order chi connectivity index (χ0) is 20.9. The number of nitrogens with zero attached hydrogens (tertiary/aromatic N) is 2. The van der Waals surface area contributed by atoms with Gasteiger partial charge in [0.25, 0.3) is 0 Å². The van der Waals surface area contributed by atoms with Crippen LogP contribution in [0.15, 0.2) is 56.2 Å². The standard InChI is InChI=1S/C16H10N2O6S4.2Na.H2O/c19-27(20,21)15-7-13(17-9-25)5-3-11(15)1-2-12-4-6-14(18-10-26)8-16(12)28(22,23)24;;;/h1-8H,(H,19,20,21)(H,22,23,24);;;1H2/q;2*+1;/p-2/b2-1+;;;. The van der Waals surface area contributed by atoms with Crippen LogP contribution in [0.2, 0.25) is 0 Å². The summed E-state index contributed by atoms with van der Waals surface area (Å²) < 4.78 is 69.1. The molecule has 0 atom stereocenters.